The average Bonchev–Trinajstić information content (AvgIpc) is 2.35. The first-order valence-corrected chi connectivity index (χ1v) is 6.75. The van der Waals surface area contributed by atoms with Crippen LogP contribution in [0.15, 0.2) is 24.3 Å². The van der Waals surface area contributed by atoms with Crippen molar-refractivity contribution in [2.75, 3.05) is 7.11 Å². The molecule has 0 radical (unpaired) electrons. The number of carboxylic acids is 1. The maximum atomic E-state index is 11.6. The van der Waals surface area contributed by atoms with Gasteiger partial charge in [-0.05, 0) is 24.6 Å². The minimum absolute atomic E-state index is 0.0250. The molecule has 2 N–H and O–H groups in total. The van der Waals surface area contributed by atoms with Crippen molar-refractivity contribution < 1.29 is 23.1 Å². The van der Waals surface area contributed by atoms with E-state index in [0.29, 0.717) is 11.3 Å². The molecule has 0 aliphatic heterocycles. The molecule has 0 spiro atoms. The Labute approximate surface area is 106 Å². The van der Waals surface area contributed by atoms with E-state index in [1.54, 1.807) is 24.3 Å². The lowest BCUT2D eigenvalue weighted by atomic mass is 10.2. The van der Waals surface area contributed by atoms with Crippen LogP contribution in [0.1, 0.15) is 12.5 Å². The Morgan fingerprint density at radius 3 is 2.72 bits per heavy atom. The molecule has 1 atom stereocenters. The monoisotopic (exact) mass is 273 g/mol. The third kappa shape index (κ3) is 3.71. The smallest absolute Gasteiger partial charge is 0.323 e. The van der Waals surface area contributed by atoms with Crippen molar-refractivity contribution in [2.45, 2.75) is 18.7 Å². The summed E-state index contributed by atoms with van der Waals surface area (Å²) in [5.41, 5.74) is 0.690. The lowest BCUT2D eigenvalue weighted by Gasteiger charge is -2.10. The summed E-state index contributed by atoms with van der Waals surface area (Å²) in [6.45, 7) is 1.15. The van der Waals surface area contributed by atoms with Gasteiger partial charge in [0, 0.05) is 6.54 Å². The van der Waals surface area contributed by atoms with E-state index < -0.39 is 21.2 Å². The van der Waals surface area contributed by atoms with Crippen LogP contribution in [0.5, 0.6) is 5.75 Å². The number of benzene rings is 1. The van der Waals surface area contributed by atoms with Crippen LogP contribution in [0.25, 0.3) is 0 Å². The zero-order chi connectivity index (χ0) is 13.8. The van der Waals surface area contributed by atoms with E-state index in [0.717, 1.165) is 6.92 Å². The predicted octanol–water partition coefficient (Wildman–Crippen LogP) is 0.588. The molecule has 0 saturated carbocycles. The zero-order valence-corrected chi connectivity index (χ0v) is 10.9. The van der Waals surface area contributed by atoms with Crippen LogP contribution in [0, 0.1) is 0 Å². The second-order valence-electron chi connectivity index (χ2n) is 3.70. The summed E-state index contributed by atoms with van der Waals surface area (Å²) in [7, 11) is -2.36. The Hall–Kier alpha value is -1.60. The van der Waals surface area contributed by atoms with Crippen molar-refractivity contribution in [3.63, 3.8) is 0 Å². The average molecular weight is 273 g/mol. The summed E-state index contributed by atoms with van der Waals surface area (Å²) in [5.74, 6) is -0.772. The Bertz CT molecular complexity index is 526. The number of nitrogens with one attached hydrogen (secondary N) is 1. The van der Waals surface area contributed by atoms with Crippen LogP contribution in [-0.4, -0.2) is 31.9 Å². The summed E-state index contributed by atoms with van der Waals surface area (Å²) in [6, 6.07) is 6.85. The minimum atomic E-state index is -3.87. The molecule has 7 heteroatoms. The molecule has 0 aliphatic rings. The molecule has 0 bridgehead atoms. The van der Waals surface area contributed by atoms with Crippen molar-refractivity contribution in [1.29, 1.82) is 0 Å². The van der Waals surface area contributed by atoms with Gasteiger partial charge in [-0.15, -0.1) is 0 Å². The molecule has 1 unspecified atom stereocenters. The fraction of sp³-hybridized carbons (Fsp3) is 0.364. The quantitative estimate of drug-likeness (QED) is 0.791. The van der Waals surface area contributed by atoms with Crippen LogP contribution in [0.4, 0.5) is 0 Å². The second-order valence-corrected chi connectivity index (χ2v) is 5.78. The van der Waals surface area contributed by atoms with E-state index in [2.05, 4.69) is 4.72 Å². The van der Waals surface area contributed by atoms with E-state index in [4.69, 9.17) is 9.84 Å². The van der Waals surface area contributed by atoms with Crippen molar-refractivity contribution in [2.24, 2.45) is 0 Å². The molecule has 0 amide bonds. The van der Waals surface area contributed by atoms with Crippen molar-refractivity contribution in [3.05, 3.63) is 29.8 Å². The first kappa shape index (κ1) is 14.5. The van der Waals surface area contributed by atoms with Gasteiger partial charge in [-0.3, -0.25) is 4.79 Å². The lowest BCUT2D eigenvalue weighted by molar-refractivity contribution is -0.136. The van der Waals surface area contributed by atoms with Gasteiger partial charge >= 0.3 is 5.97 Å². The Balaban J connectivity index is 2.73. The van der Waals surface area contributed by atoms with E-state index in [-0.39, 0.29) is 6.54 Å². The SMILES string of the molecule is COc1cccc(CNS(=O)(=O)C(C)C(=O)O)c1. The van der Waals surface area contributed by atoms with E-state index in [9.17, 15) is 13.2 Å². The largest absolute Gasteiger partial charge is 0.497 e. The number of carbonyl (C=O) groups is 1. The Kier molecular flexibility index (Phi) is 4.69. The normalized spacial score (nSPS) is 13.0. The van der Waals surface area contributed by atoms with Crippen LogP contribution in [0.2, 0.25) is 0 Å². The minimum Gasteiger partial charge on any atom is -0.497 e. The molecule has 0 heterocycles. The first-order valence-electron chi connectivity index (χ1n) is 5.21. The summed E-state index contributed by atoms with van der Waals surface area (Å²) < 4.78 is 30.4. The second kappa shape index (κ2) is 5.83. The van der Waals surface area contributed by atoms with Gasteiger partial charge < -0.3 is 9.84 Å². The first-order chi connectivity index (χ1) is 8.36. The molecule has 100 valence electrons. The maximum Gasteiger partial charge on any atom is 0.323 e. The van der Waals surface area contributed by atoms with E-state index in [1.165, 1.54) is 7.11 Å². The molecule has 1 aromatic carbocycles. The van der Waals surface area contributed by atoms with Gasteiger partial charge in [0.1, 0.15) is 5.75 Å². The number of carboxylic acid groups (broad SMARTS) is 1. The summed E-state index contributed by atoms with van der Waals surface area (Å²) in [6.07, 6.45) is 0. The number of hydrogen-bond donors (Lipinski definition) is 2. The van der Waals surface area contributed by atoms with Crippen LogP contribution < -0.4 is 9.46 Å². The van der Waals surface area contributed by atoms with Crippen molar-refractivity contribution in [1.82, 2.24) is 4.72 Å². The highest BCUT2D eigenvalue weighted by Gasteiger charge is 2.26. The van der Waals surface area contributed by atoms with Crippen LogP contribution >= 0.6 is 0 Å². The van der Waals surface area contributed by atoms with Gasteiger partial charge in [0.15, 0.2) is 5.25 Å². The van der Waals surface area contributed by atoms with Gasteiger partial charge in [-0.25, -0.2) is 13.1 Å². The third-order valence-corrected chi connectivity index (χ3v) is 4.10. The molecular formula is C11H15NO5S. The highest BCUT2D eigenvalue weighted by atomic mass is 32.2. The van der Waals surface area contributed by atoms with Crippen molar-refractivity contribution >= 4 is 16.0 Å². The molecule has 0 saturated heterocycles. The highest BCUT2D eigenvalue weighted by molar-refractivity contribution is 7.90. The molecular weight excluding hydrogens is 258 g/mol. The number of aliphatic carboxylic acids is 1. The Morgan fingerprint density at radius 2 is 2.17 bits per heavy atom. The highest BCUT2D eigenvalue weighted by Crippen LogP contribution is 2.12. The van der Waals surface area contributed by atoms with Gasteiger partial charge in [0.25, 0.3) is 0 Å². The van der Waals surface area contributed by atoms with Gasteiger partial charge in [0.05, 0.1) is 7.11 Å². The molecule has 0 fully saturated rings. The molecule has 6 nitrogen and oxygen atoms in total. The Morgan fingerprint density at radius 1 is 1.50 bits per heavy atom. The third-order valence-electron chi connectivity index (χ3n) is 2.42. The molecule has 0 aromatic heterocycles. The number of rotatable bonds is 6. The van der Waals surface area contributed by atoms with E-state index in [1.807, 2.05) is 0 Å². The van der Waals surface area contributed by atoms with Crippen LogP contribution in [0.3, 0.4) is 0 Å². The standard InChI is InChI=1S/C11H15NO5S/c1-8(11(13)14)18(15,16)12-7-9-4-3-5-10(6-9)17-2/h3-6,8,12H,7H2,1-2H3,(H,13,14). The summed E-state index contributed by atoms with van der Waals surface area (Å²) in [5, 5.41) is 7.17. The summed E-state index contributed by atoms with van der Waals surface area (Å²) >= 11 is 0. The molecule has 0 aliphatic carbocycles. The maximum absolute atomic E-state index is 11.6. The lowest BCUT2D eigenvalue weighted by Crippen LogP contribution is -2.37. The van der Waals surface area contributed by atoms with Crippen LogP contribution in [-0.2, 0) is 21.4 Å². The molecule has 1 rings (SSSR count). The van der Waals surface area contributed by atoms with Gasteiger partial charge in [-0.1, -0.05) is 12.1 Å². The number of sulfonamides is 1. The summed E-state index contributed by atoms with van der Waals surface area (Å²) in [4.78, 5) is 10.6. The predicted molar refractivity (Wildman–Crippen MR) is 65.9 cm³/mol. The van der Waals surface area contributed by atoms with E-state index >= 15 is 0 Å². The molecule has 18 heavy (non-hydrogen) atoms. The fourth-order valence-corrected chi connectivity index (χ4v) is 2.11. The number of hydrogen-bond acceptors (Lipinski definition) is 4. The zero-order valence-electron chi connectivity index (χ0n) is 10.1. The van der Waals surface area contributed by atoms with Gasteiger partial charge in [-0.2, -0.15) is 0 Å². The van der Waals surface area contributed by atoms with Gasteiger partial charge in [0.2, 0.25) is 10.0 Å². The van der Waals surface area contributed by atoms with Crippen molar-refractivity contribution in [3.8, 4) is 5.75 Å². The fourth-order valence-electron chi connectivity index (χ4n) is 1.22. The number of methoxy groups -OCH3 is 1. The topological polar surface area (TPSA) is 92.7 Å². The molecule has 1 aromatic rings. The number of ether oxygens (including phenoxy) is 1.